The standard InChI is InChI=1S/C23H20N4O2/c1-14-9-18(14)23(29)27-21-10-19-17(11-26-22(24-2)20(19)12-25-21)8-7-15-3-5-16(13-28)6-4-15/h3-6,10-14,18H,9H2,1-2H3,(H,24,26)(H,25,27,29)/t14-,18+/m1/s1. The van der Waals surface area contributed by atoms with Crippen LogP contribution in [0.5, 0.6) is 0 Å². The van der Waals surface area contributed by atoms with Crippen LogP contribution in [0, 0.1) is 23.7 Å². The average molecular weight is 384 g/mol. The molecule has 0 aliphatic heterocycles. The van der Waals surface area contributed by atoms with E-state index in [-0.39, 0.29) is 11.8 Å². The molecule has 2 heterocycles. The third kappa shape index (κ3) is 3.94. The molecule has 1 fully saturated rings. The number of carbonyl (C=O) groups is 2. The number of amides is 1. The first-order valence-corrected chi connectivity index (χ1v) is 9.43. The summed E-state index contributed by atoms with van der Waals surface area (Å²) in [6.07, 6.45) is 5.13. The highest BCUT2D eigenvalue weighted by Crippen LogP contribution is 2.38. The molecule has 6 nitrogen and oxygen atoms in total. The molecule has 29 heavy (non-hydrogen) atoms. The molecule has 1 aromatic carbocycles. The monoisotopic (exact) mass is 384 g/mol. The van der Waals surface area contributed by atoms with Gasteiger partial charge in [-0.05, 0) is 30.5 Å². The van der Waals surface area contributed by atoms with Crippen LogP contribution in [-0.2, 0) is 4.79 Å². The minimum Gasteiger partial charge on any atom is -0.373 e. The second-order valence-electron chi connectivity index (χ2n) is 7.18. The summed E-state index contributed by atoms with van der Waals surface area (Å²) in [4.78, 5) is 31.8. The van der Waals surface area contributed by atoms with Gasteiger partial charge in [0.1, 0.15) is 17.9 Å². The summed E-state index contributed by atoms with van der Waals surface area (Å²) in [6.45, 7) is 2.07. The fourth-order valence-corrected chi connectivity index (χ4v) is 3.19. The molecule has 1 aliphatic carbocycles. The van der Waals surface area contributed by atoms with Gasteiger partial charge in [-0.25, -0.2) is 9.97 Å². The number of anilines is 2. The number of nitrogens with zero attached hydrogens (tertiary/aromatic N) is 2. The van der Waals surface area contributed by atoms with Crippen molar-refractivity contribution in [3.63, 3.8) is 0 Å². The van der Waals surface area contributed by atoms with E-state index in [1.165, 1.54) is 0 Å². The lowest BCUT2D eigenvalue weighted by atomic mass is 10.1. The molecule has 6 heteroatoms. The Bertz CT molecular complexity index is 1160. The number of benzene rings is 1. The molecule has 2 N–H and O–H groups in total. The Kier molecular flexibility index (Phi) is 4.96. The van der Waals surface area contributed by atoms with Crippen molar-refractivity contribution in [2.75, 3.05) is 17.7 Å². The number of aromatic nitrogens is 2. The number of aldehydes is 1. The number of hydrogen-bond acceptors (Lipinski definition) is 5. The van der Waals surface area contributed by atoms with Gasteiger partial charge in [-0.3, -0.25) is 9.59 Å². The molecule has 2 atom stereocenters. The Morgan fingerprint density at radius 3 is 2.55 bits per heavy atom. The number of hydrogen-bond donors (Lipinski definition) is 2. The number of fused-ring (bicyclic) bond motifs is 1. The Labute approximate surface area is 168 Å². The summed E-state index contributed by atoms with van der Waals surface area (Å²) in [6, 6.07) is 8.90. The summed E-state index contributed by atoms with van der Waals surface area (Å²) in [5.74, 6) is 7.97. The first kappa shape index (κ1) is 18.6. The van der Waals surface area contributed by atoms with Crippen molar-refractivity contribution in [1.29, 1.82) is 0 Å². The van der Waals surface area contributed by atoms with Crippen molar-refractivity contribution in [3.05, 3.63) is 59.4 Å². The van der Waals surface area contributed by atoms with Gasteiger partial charge in [0.2, 0.25) is 5.91 Å². The molecule has 3 aromatic rings. The Morgan fingerprint density at radius 1 is 1.14 bits per heavy atom. The zero-order valence-electron chi connectivity index (χ0n) is 16.2. The van der Waals surface area contributed by atoms with E-state index >= 15 is 0 Å². The molecule has 0 unspecified atom stereocenters. The fourth-order valence-electron chi connectivity index (χ4n) is 3.19. The number of pyridine rings is 2. The third-order valence-corrected chi connectivity index (χ3v) is 5.09. The van der Waals surface area contributed by atoms with Gasteiger partial charge in [0.25, 0.3) is 0 Å². The molecular formula is C23H20N4O2. The van der Waals surface area contributed by atoms with Gasteiger partial charge >= 0.3 is 0 Å². The van der Waals surface area contributed by atoms with E-state index in [0.29, 0.717) is 23.1 Å². The van der Waals surface area contributed by atoms with Crippen LogP contribution in [0.1, 0.15) is 34.8 Å². The number of rotatable bonds is 4. The average Bonchev–Trinajstić information content (AvgIpc) is 3.49. The quantitative estimate of drug-likeness (QED) is 0.531. The number of nitrogens with one attached hydrogen (secondary N) is 2. The van der Waals surface area contributed by atoms with E-state index in [1.54, 1.807) is 43.7 Å². The van der Waals surface area contributed by atoms with Gasteiger partial charge in [-0.1, -0.05) is 30.9 Å². The molecular weight excluding hydrogens is 364 g/mol. The summed E-state index contributed by atoms with van der Waals surface area (Å²) in [5.41, 5.74) is 2.14. The van der Waals surface area contributed by atoms with Gasteiger partial charge in [0.05, 0.1) is 5.56 Å². The zero-order chi connectivity index (χ0) is 20.4. The van der Waals surface area contributed by atoms with Gasteiger partial charge in [-0.15, -0.1) is 0 Å². The van der Waals surface area contributed by atoms with Gasteiger partial charge in [-0.2, -0.15) is 0 Å². The van der Waals surface area contributed by atoms with E-state index in [0.717, 1.165) is 34.6 Å². The summed E-state index contributed by atoms with van der Waals surface area (Å²) < 4.78 is 0. The summed E-state index contributed by atoms with van der Waals surface area (Å²) in [7, 11) is 1.80. The SMILES string of the molecule is CNc1ncc(C#Cc2ccc(C=O)cc2)c2cc(NC(=O)[C@H]3C[C@H]3C)ncc12. The van der Waals surface area contributed by atoms with E-state index in [9.17, 15) is 9.59 Å². The lowest BCUT2D eigenvalue weighted by molar-refractivity contribution is -0.117. The van der Waals surface area contributed by atoms with Gasteiger partial charge < -0.3 is 10.6 Å². The first-order valence-electron chi connectivity index (χ1n) is 9.43. The van der Waals surface area contributed by atoms with Gasteiger partial charge in [0, 0.05) is 47.3 Å². The normalized spacial score (nSPS) is 17.2. The predicted octanol–water partition coefficient (Wildman–Crippen LogP) is 3.48. The molecule has 4 rings (SSSR count). The summed E-state index contributed by atoms with van der Waals surface area (Å²) >= 11 is 0. The Morgan fingerprint density at radius 2 is 1.90 bits per heavy atom. The second-order valence-corrected chi connectivity index (χ2v) is 7.18. The van der Waals surface area contributed by atoms with Crippen LogP contribution < -0.4 is 10.6 Å². The molecule has 1 amide bonds. The smallest absolute Gasteiger partial charge is 0.228 e. The Hall–Kier alpha value is -3.72. The van der Waals surface area contributed by atoms with Crippen LogP contribution >= 0.6 is 0 Å². The maximum Gasteiger partial charge on any atom is 0.228 e. The first-order chi connectivity index (χ1) is 14.1. The highest BCUT2D eigenvalue weighted by atomic mass is 16.2. The van der Waals surface area contributed by atoms with Crippen molar-refractivity contribution in [2.24, 2.45) is 11.8 Å². The second kappa shape index (κ2) is 7.72. The molecule has 0 radical (unpaired) electrons. The molecule has 1 saturated carbocycles. The molecule has 0 saturated heterocycles. The predicted molar refractivity (Wildman–Crippen MR) is 113 cm³/mol. The molecule has 2 aromatic heterocycles. The Balaban J connectivity index is 1.70. The topological polar surface area (TPSA) is 84.0 Å². The van der Waals surface area contributed by atoms with E-state index in [4.69, 9.17) is 0 Å². The van der Waals surface area contributed by atoms with Crippen molar-refractivity contribution in [3.8, 4) is 11.8 Å². The van der Waals surface area contributed by atoms with E-state index < -0.39 is 0 Å². The molecule has 0 bridgehead atoms. The molecule has 1 aliphatic rings. The lowest BCUT2D eigenvalue weighted by Gasteiger charge is -2.09. The minimum absolute atomic E-state index is 0.00940. The van der Waals surface area contributed by atoms with Crippen LogP contribution in [0.15, 0.2) is 42.7 Å². The fraction of sp³-hybridized carbons (Fsp3) is 0.217. The highest BCUT2D eigenvalue weighted by Gasteiger charge is 2.39. The highest BCUT2D eigenvalue weighted by molar-refractivity contribution is 5.99. The minimum atomic E-state index is 0.00940. The zero-order valence-corrected chi connectivity index (χ0v) is 16.2. The maximum absolute atomic E-state index is 12.3. The van der Waals surface area contributed by atoms with Crippen LogP contribution in [0.3, 0.4) is 0 Å². The van der Waals surface area contributed by atoms with Crippen LogP contribution in [0.25, 0.3) is 10.8 Å². The van der Waals surface area contributed by atoms with Crippen LogP contribution in [0.4, 0.5) is 11.6 Å². The van der Waals surface area contributed by atoms with Crippen molar-refractivity contribution >= 4 is 34.6 Å². The van der Waals surface area contributed by atoms with Crippen molar-refractivity contribution < 1.29 is 9.59 Å². The third-order valence-electron chi connectivity index (χ3n) is 5.09. The van der Waals surface area contributed by atoms with Crippen molar-refractivity contribution in [2.45, 2.75) is 13.3 Å². The van der Waals surface area contributed by atoms with Crippen molar-refractivity contribution in [1.82, 2.24) is 9.97 Å². The number of carbonyl (C=O) groups excluding carboxylic acids is 2. The van der Waals surface area contributed by atoms with Crippen LogP contribution in [-0.4, -0.2) is 29.2 Å². The lowest BCUT2D eigenvalue weighted by Crippen LogP contribution is -2.15. The molecule has 0 spiro atoms. The van der Waals surface area contributed by atoms with Gasteiger partial charge in [0.15, 0.2) is 0 Å². The molecule has 144 valence electrons. The largest absolute Gasteiger partial charge is 0.373 e. The van der Waals surface area contributed by atoms with Crippen LogP contribution in [0.2, 0.25) is 0 Å². The van der Waals surface area contributed by atoms with E-state index in [1.807, 2.05) is 6.07 Å². The van der Waals surface area contributed by atoms with E-state index in [2.05, 4.69) is 39.4 Å². The maximum atomic E-state index is 12.3. The summed E-state index contributed by atoms with van der Waals surface area (Å²) in [5, 5.41) is 7.65.